The molecule has 0 radical (unpaired) electrons. The third-order valence-electron chi connectivity index (χ3n) is 3.48. The number of hydrogen-bond acceptors (Lipinski definition) is 5. The molecule has 0 aromatic heterocycles. The van der Waals surface area contributed by atoms with Crippen molar-refractivity contribution in [2.45, 2.75) is 6.42 Å². The Morgan fingerprint density at radius 2 is 1.76 bits per heavy atom. The summed E-state index contributed by atoms with van der Waals surface area (Å²) >= 11 is 0. The van der Waals surface area contributed by atoms with Crippen LogP contribution in [0.2, 0.25) is 0 Å². The predicted molar refractivity (Wildman–Crippen MR) is 91.1 cm³/mol. The van der Waals surface area contributed by atoms with Gasteiger partial charge in [0.15, 0.2) is 6.61 Å². The van der Waals surface area contributed by atoms with Gasteiger partial charge in [0.25, 0.3) is 5.91 Å². The molecule has 128 valence electrons. The topological polar surface area (TPSA) is 88.4 Å². The number of carbonyl (C=O) groups is 2. The van der Waals surface area contributed by atoms with Crippen molar-refractivity contribution < 1.29 is 19.1 Å². The lowest BCUT2D eigenvalue weighted by Gasteiger charge is -2.07. The number of rotatable bonds is 7. The van der Waals surface area contributed by atoms with Crippen LogP contribution in [0.5, 0.6) is 5.75 Å². The van der Waals surface area contributed by atoms with E-state index in [0.717, 1.165) is 5.56 Å². The fourth-order valence-corrected chi connectivity index (χ4v) is 2.07. The second-order valence-electron chi connectivity index (χ2n) is 5.20. The number of nitrogens with one attached hydrogen (secondary N) is 1. The number of esters is 1. The zero-order valence-electron chi connectivity index (χ0n) is 13.8. The fraction of sp³-hybridized carbons (Fsp3) is 0.211. The van der Waals surface area contributed by atoms with Crippen molar-refractivity contribution in [2.24, 2.45) is 0 Å². The molecule has 2 aromatic carbocycles. The van der Waals surface area contributed by atoms with Gasteiger partial charge in [-0.15, -0.1) is 0 Å². The minimum absolute atomic E-state index is 0.174. The van der Waals surface area contributed by atoms with Crippen LogP contribution >= 0.6 is 0 Å². The quantitative estimate of drug-likeness (QED) is 0.781. The molecule has 6 nitrogen and oxygen atoms in total. The van der Waals surface area contributed by atoms with Crippen molar-refractivity contribution in [3.05, 3.63) is 65.2 Å². The summed E-state index contributed by atoms with van der Waals surface area (Å²) < 4.78 is 9.71. The van der Waals surface area contributed by atoms with Gasteiger partial charge >= 0.3 is 5.97 Å². The van der Waals surface area contributed by atoms with Crippen LogP contribution in [0.4, 0.5) is 0 Å². The molecule has 6 heteroatoms. The van der Waals surface area contributed by atoms with Gasteiger partial charge in [-0.25, -0.2) is 4.79 Å². The Bertz CT molecular complexity index is 762. The van der Waals surface area contributed by atoms with Gasteiger partial charge in [0, 0.05) is 12.1 Å². The minimum Gasteiger partial charge on any atom is -0.482 e. The number of hydrogen-bond donors (Lipinski definition) is 1. The van der Waals surface area contributed by atoms with Gasteiger partial charge in [0.05, 0.1) is 18.7 Å². The molecule has 0 atom stereocenters. The summed E-state index contributed by atoms with van der Waals surface area (Å²) in [5.74, 6) is -0.169. The molecule has 0 saturated carbocycles. The SMILES string of the molecule is COC(=O)COc1ccc(C(=O)NCCc2ccc(C#N)cc2)cc1. The predicted octanol–water partition coefficient (Wildman–Crippen LogP) is 2.08. The molecule has 0 bridgehead atoms. The maximum atomic E-state index is 12.1. The molecule has 25 heavy (non-hydrogen) atoms. The van der Waals surface area contributed by atoms with E-state index in [1.807, 2.05) is 12.1 Å². The highest BCUT2D eigenvalue weighted by molar-refractivity contribution is 5.94. The van der Waals surface area contributed by atoms with Crippen LogP contribution in [0.25, 0.3) is 0 Å². The Kier molecular flexibility index (Phi) is 6.55. The van der Waals surface area contributed by atoms with Gasteiger partial charge in [-0.2, -0.15) is 5.26 Å². The van der Waals surface area contributed by atoms with E-state index in [1.54, 1.807) is 36.4 Å². The lowest BCUT2D eigenvalue weighted by molar-refractivity contribution is -0.142. The van der Waals surface area contributed by atoms with Gasteiger partial charge in [0.2, 0.25) is 0 Å². The summed E-state index contributed by atoms with van der Waals surface area (Å²) in [6.45, 7) is 0.317. The van der Waals surface area contributed by atoms with E-state index in [2.05, 4.69) is 16.1 Å². The number of methoxy groups -OCH3 is 1. The molecule has 0 heterocycles. The average molecular weight is 338 g/mol. The molecule has 0 aliphatic carbocycles. The van der Waals surface area contributed by atoms with Crippen molar-refractivity contribution >= 4 is 11.9 Å². The maximum absolute atomic E-state index is 12.1. The summed E-state index contributed by atoms with van der Waals surface area (Å²) in [7, 11) is 1.29. The zero-order valence-corrected chi connectivity index (χ0v) is 13.8. The second-order valence-corrected chi connectivity index (χ2v) is 5.20. The van der Waals surface area contributed by atoms with Crippen molar-refractivity contribution in [3.8, 4) is 11.8 Å². The molecule has 0 spiro atoms. The minimum atomic E-state index is -0.468. The first-order valence-electron chi connectivity index (χ1n) is 7.69. The summed E-state index contributed by atoms with van der Waals surface area (Å²) in [6.07, 6.45) is 0.678. The number of carbonyl (C=O) groups excluding carboxylic acids is 2. The summed E-state index contributed by atoms with van der Waals surface area (Å²) in [4.78, 5) is 23.1. The van der Waals surface area contributed by atoms with Crippen LogP contribution in [0, 0.1) is 11.3 Å². The van der Waals surface area contributed by atoms with Gasteiger partial charge in [-0.1, -0.05) is 12.1 Å². The van der Waals surface area contributed by atoms with Gasteiger partial charge in [-0.05, 0) is 48.4 Å². The molecule has 2 rings (SSSR count). The van der Waals surface area contributed by atoms with Crippen LogP contribution in [0.15, 0.2) is 48.5 Å². The molecule has 0 aliphatic heterocycles. The highest BCUT2D eigenvalue weighted by atomic mass is 16.6. The fourth-order valence-electron chi connectivity index (χ4n) is 2.07. The number of nitrogens with zero attached hydrogens (tertiary/aromatic N) is 1. The van der Waals surface area contributed by atoms with E-state index in [-0.39, 0.29) is 12.5 Å². The molecule has 1 N–H and O–H groups in total. The van der Waals surface area contributed by atoms with Crippen molar-refractivity contribution in [3.63, 3.8) is 0 Å². The van der Waals surface area contributed by atoms with Crippen LogP contribution in [-0.2, 0) is 16.0 Å². The molecular formula is C19H18N2O4. The van der Waals surface area contributed by atoms with Crippen LogP contribution < -0.4 is 10.1 Å². The molecule has 0 unspecified atom stereocenters. The number of ether oxygens (including phenoxy) is 2. The van der Waals surface area contributed by atoms with Crippen LogP contribution in [-0.4, -0.2) is 32.1 Å². The van der Waals surface area contributed by atoms with E-state index in [1.165, 1.54) is 7.11 Å². The largest absolute Gasteiger partial charge is 0.482 e. The van der Waals surface area contributed by atoms with E-state index >= 15 is 0 Å². The van der Waals surface area contributed by atoms with E-state index < -0.39 is 5.97 Å². The first-order chi connectivity index (χ1) is 12.1. The van der Waals surface area contributed by atoms with Crippen LogP contribution in [0.3, 0.4) is 0 Å². The average Bonchev–Trinajstić information content (AvgIpc) is 2.66. The lowest BCUT2D eigenvalue weighted by Crippen LogP contribution is -2.25. The Morgan fingerprint density at radius 1 is 1.08 bits per heavy atom. The third kappa shape index (κ3) is 5.66. The molecular weight excluding hydrogens is 320 g/mol. The maximum Gasteiger partial charge on any atom is 0.343 e. The Labute approximate surface area is 146 Å². The number of nitriles is 1. The first-order valence-corrected chi connectivity index (χ1v) is 7.69. The van der Waals surface area contributed by atoms with E-state index in [9.17, 15) is 9.59 Å². The van der Waals surface area contributed by atoms with Gasteiger partial charge < -0.3 is 14.8 Å². The number of amides is 1. The standard InChI is InChI=1S/C19H18N2O4/c1-24-18(22)13-25-17-8-6-16(7-9-17)19(23)21-11-10-14-2-4-15(12-20)5-3-14/h2-9H,10-11,13H2,1H3,(H,21,23). The number of benzene rings is 2. The van der Waals surface area contributed by atoms with Crippen molar-refractivity contribution in [2.75, 3.05) is 20.3 Å². The summed E-state index contributed by atoms with van der Waals surface area (Å²) in [5, 5.41) is 11.6. The normalized spacial score (nSPS) is 9.76. The molecule has 0 fully saturated rings. The third-order valence-corrected chi connectivity index (χ3v) is 3.48. The Balaban J connectivity index is 1.80. The van der Waals surface area contributed by atoms with Crippen LogP contribution in [0.1, 0.15) is 21.5 Å². The highest BCUT2D eigenvalue weighted by Gasteiger charge is 2.06. The van der Waals surface area contributed by atoms with Gasteiger partial charge in [0.1, 0.15) is 5.75 Å². The Hall–Kier alpha value is -3.33. The Morgan fingerprint density at radius 3 is 2.36 bits per heavy atom. The van der Waals surface area contributed by atoms with Crippen molar-refractivity contribution in [1.82, 2.24) is 5.32 Å². The summed E-state index contributed by atoms with van der Waals surface area (Å²) in [5.41, 5.74) is 2.17. The first kappa shape index (κ1) is 18.0. The smallest absolute Gasteiger partial charge is 0.343 e. The van der Waals surface area contributed by atoms with Crippen molar-refractivity contribution in [1.29, 1.82) is 5.26 Å². The molecule has 0 saturated heterocycles. The molecule has 1 amide bonds. The second kappa shape index (κ2) is 9.08. The lowest BCUT2D eigenvalue weighted by atomic mass is 10.1. The van der Waals surface area contributed by atoms with E-state index in [0.29, 0.717) is 29.8 Å². The molecule has 2 aromatic rings. The highest BCUT2D eigenvalue weighted by Crippen LogP contribution is 2.12. The monoisotopic (exact) mass is 338 g/mol. The molecule has 0 aliphatic rings. The van der Waals surface area contributed by atoms with Gasteiger partial charge in [-0.3, -0.25) is 4.79 Å². The van der Waals surface area contributed by atoms with E-state index in [4.69, 9.17) is 10.00 Å². The summed E-state index contributed by atoms with van der Waals surface area (Å²) in [6, 6.07) is 15.8. The zero-order chi connectivity index (χ0) is 18.1.